The van der Waals surface area contributed by atoms with E-state index in [0.717, 1.165) is 6.42 Å². The van der Waals surface area contributed by atoms with Crippen molar-refractivity contribution in [2.45, 2.75) is 12.5 Å². The molecule has 1 rings (SSSR count). The van der Waals surface area contributed by atoms with Crippen molar-refractivity contribution in [2.75, 3.05) is 6.54 Å². The molecule has 0 aliphatic heterocycles. The van der Waals surface area contributed by atoms with Crippen LogP contribution in [0.5, 0.6) is 0 Å². The summed E-state index contributed by atoms with van der Waals surface area (Å²) >= 11 is 0. The summed E-state index contributed by atoms with van der Waals surface area (Å²) in [5, 5.41) is 3.42. The van der Waals surface area contributed by atoms with E-state index in [1.54, 1.807) is 0 Å². The number of nitrogens with zero attached hydrogens (tertiary/aromatic N) is 3. The van der Waals surface area contributed by atoms with Crippen LogP contribution in [-0.4, -0.2) is 12.6 Å². The molecule has 0 aliphatic carbocycles. The highest BCUT2D eigenvalue weighted by molar-refractivity contribution is 5.15. The molecule has 13 heavy (non-hydrogen) atoms. The molecule has 0 saturated carbocycles. The van der Waals surface area contributed by atoms with Crippen LogP contribution in [0.4, 0.5) is 0 Å². The Morgan fingerprint density at radius 2 is 2.08 bits per heavy atom. The normalized spacial score (nSPS) is 11.8. The zero-order chi connectivity index (χ0) is 9.52. The summed E-state index contributed by atoms with van der Waals surface area (Å²) in [5.74, 6) is 0. The summed E-state index contributed by atoms with van der Waals surface area (Å²) in [4.78, 5) is 2.66. The highest BCUT2D eigenvalue weighted by atomic mass is 15.1. The van der Waals surface area contributed by atoms with Gasteiger partial charge in [-0.05, 0) is 17.5 Å². The van der Waals surface area contributed by atoms with Crippen molar-refractivity contribution < 1.29 is 0 Å². The van der Waals surface area contributed by atoms with Gasteiger partial charge in [-0.3, -0.25) is 0 Å². The van der Waals surface area contributed by atoms with Gasteiger partial charge in [0.1, 0.15) is 0 Å². The van der Waals surface area contributed by atoms with Crippen LogP contribution < -0.4 is 5.73 Å². The molecule has 0 amide bonds. The molecule has 0 aromatic heterocycles. The fourth-order valence-corrected chi connectivity index (χ4v) is 1.12. The molecule has 4 nitrogen and oxygen atoms in total. The number of azide groups is 1. The first-order valence-corrected chi connectivity index (χ1v) is 4.13. The molecule has 0 bridgehead atoms. The molecule has 0 spiro atoms. The molecule has 1 unspecified atom stereocenters. The number of rotatable bonds is 4. The van der Waals surface area contributed by atoms with Gasteiger partial charge >= 0.3 is 0 Å². The van der Waals surface area contributed by atoms with Crippen molar-refractivity contribution in [3.63, 3.8) is 0 Å². The Bertz CT molecular complexity index is 290. The Balaban J connectivity index is 2.45. The van der Waals surface area contributed by atoms with E-state index in [-0.39, 0.29) is 6.04 Å². The molecular weight excluding hydrogens is 164 g/mol. The average molecular weight is 176 g/mol. The number of hydrogen-bond donors (Lipinski definition) is 1. The average Bonchev–Trinajstić information content (AvgIpc) is 2.16. The first kappa shape index (κ1) is 9.58. The lowest BCUT2D eigenvalue weighted by molar-refractivity contribution is 0.676. The number of nitrogens with two attached hydrogens (primary N) is 1. The zero-order valence-corrected chi connectivity index (χ0v) is 7.30. The minimum atomic E-state index is -0.0849. The first-order valence-electron chi connectivity index (χ1n) is 4.13. The summed E-state index contributed by atoms with van der Waals surface area (Å²) in [5.41, 5.74) is 15.0. The number of benzene rings is 1. The van der Waals surface area contributed by atoms with E-state index in [9.17, 15) is 0 Å². The second-order valence-corrected chi connectivity index (χ2v) is 2.86. The molecule has 68 valence electrons. The van der Waals surface area contributed by atoms with E-state index in [1.165, 1.54) is 5.56 Å². The van der Waals surface area contributed by atoms with Crippen molar-refractivity contribution in [3.05, 3.63) is 46.3 Å². The SMILES string of the molecule is [N-]=[N+]=NCC(N)Cc1ccccc1. The van der Waals surface area contributed by atoms with Crippen molar-refractivity contribution in [1.29, 1.82) is 0 Å². The lowest BCUT2D eigenvalue weighted by atomic mass is 10.1. The van der Waals surface area contributed by atoms with E-state index in [0.29, 0.717) is 6.54 Å². The van der Waals surface area contributed by atoms with E-state index in [1.807, 2.05) is 30.3 Å². The Hall–Kier alpha value is -1.51. The van der Waals surface area contributed by atoms with Crippen LogP contribution in [0, 0.1) is 0 Å². The molecule has 0 fully saturated rings. The lowest BCUT2D eigenvalue weighted by Crippen LogP contribution is -2.25. The van der Waals surface area contributed by atoms with E-state index < -0.39 is 0 Å². The minimum absolute atomic E-state index is 0.0849. The van der Waals surface area contributed by atoms with Crippen LogP contribution in [0.25, 0.3) is 10.4 Å². The van der Waals surface area contributed by atoms with Gasteiger partial charge in [0.2, 0.25) is 0 Å². The Morgan fingerprint density at radius 3 is 2.69 bits per heavy atom. The molecular formula is C9H12N4. The topological polar surface area (TPSA) is 74.8 Å². The monoisotopic (exact) mass is 176 g/mol. The summed E-state index contributed by atoms with van der Waals surface area (Å²) in [7, 11) is 0. The fourth-order valence-electron chi connectivity index (χ4n) is 1.12. The lowest BCUT2D eigenvalue weighted by Gasteiger charge is -2.07. The van der Waals surface area contributed by atoms with Crippen molar-refractivity contribution in [3.8, 4) is 0 Å². The summed E-state index contributed by atoms with van der Waals surface area (Å²) in [6.45, 7) is 0.353. The second-order valence-electron chi connectivity index (χ2n) is 2.86. The van der Waals surface area contributed by atoms with Gasteiger partial charge in [0.05, 0.1) is 0 Å². The van der Waals surface area contributed by atoms with Crippen LogP contribution in [0.15, 0.2) is 35.4 Å². The van der Waals surface area contributed by atoms with Crippen LogP contribution in [0.2, 0.25) is 0 Å². The third kappa shape index (κ3) is 3.60. The summed E-state index contributed by atoms with van der Waals surface area (Å²) < 4.78 is 0. The van der Waals surface area contributed by atoms with E-state index >= 15 is 0 Å². The maximum absolute atomic E-state index is 8.08. The fraction of sp³-hybridized carbons (Fsp3) is 0.333. The highest BCUT2D eigenvalue weighted by Gasteiger charge is 2.01. The molecule has 1 aromatic carbocycles. The van der Waals surface area contributed by atoms with Gasteiger partial charge in [-0.15, -0.1) is 0 Å². The predicted molar refractivity (Wildman–Crippen MR) is 52.1 cm³/mol. The van der Waals surface area contributed by atoms with Gasteiger partial charge in [-0.2, -0.15) is 0 Å². The Labute approximate surface area is 77.0 Å². The quantitative estimate of drug-likeness (QED) is 0.424. The zero-order valence-electron chi connectivity index (χ0n) is 7.30. The van der Waals surface area contributed by atoms with Crippen LogP contribution in [0.3, 0.4) is 0 Å². The van der Waals surface area contributed by atoms with Gasteiger partial charge in [-0.1, -0.05) is 35.4 Å². The molecule has 0 radical (unpaired) electrons. The molecule has 0 heterocycles. The van der Waals surface area contributed by atoms with Gasteiger partial charge in [-0.25, -0.2) is 0 Å². The minimum Gasteiger partial charge on any atom is -0.327 e. The maximum atomic E-state index is 8.08. The van der Waals surface area contributed by atoms with E-state index in [2.05, 4.69) is 10.0 Å². The highest BCUT2D eigenvalue weighted by Crippen LogP contribution is 2.01. The third-order valence-electron chi connectivity index (χ3n) is 1.72. The first-order chi connectivity index (χ1) is 6.33. The van der Waals surface area contributed by atoms with Gasteiger partial charge in [0.25, 0.3) is 0 Å². The van der Waals surface area contributed by atoms with Crippen molar-refractivity contribution in [2.24, 2.45) is 10.8 Å². The summed E-state index contributed by atoms with van der Waals surface area (Å²) in [6, 6.07) is 9.83. The molecule has 2 N–H and O–H groups in total. The van der Waals surface area contributed by atoms with Gasteiger partial charge in [0, 0.05) is 17.5 Å². The number of hydrogen-bond acceptors (Lipinski definition) is 2. The largest absolute Gasteiger partial charge is 0.327 e. The Morgan fingerprint density at radius 1 is 1.38 bits per heavy atom. The van der Waals surface area contributed by atoms with Crippen LogP contribution >= 0.6 is 0 Å². The summed E-state index contributed by atoms with van der Waals surface area (Å²) in [6.07, 6.45) is 0.750. The van der Waals surface area contributed by atoms with Crippen molar-refractivity contribution in [1.82, 2.24) is 0 Å². The predicted octanol–water partition coefficient (Wildman–Crippen LogP) is 1.87. The molecule has 0 aliphatic rings. The van der Waals surface area contributed by atoms with Gasteiger partial charge in [0.15, 0.2) is 0 Å². The third-order valence-corrected chi connectivity index (χ3v) is 1.72. The smallest absolute Gasteiger partial charge is 0.0413 e. The molecule has 4 heteroatoms. The molecule has 1 aromatic rings. The maximum Gasteiger partial charge on any atom is 0.0413 e. The standard InChI is InChI=1S/C9H12N4/c10-9(7-12-13-11)6-8-4-2-1-3-5-8/h1-5,9H,6-7,10H2. The molecule has 1 atom stereocenters. The van der Waals surface area contributed by atoms with Gasteiger partial charge < -0.3 is 5.73 Å². The van der Waals surface area contributed by atoms with Crippen LogP contribution in [0.1, 0.15) is 5.56 Å². The Kier molecular flexibility index (Phi) is 3.82. The van der Waals surface area contributed by atoms with Crippen molar-refractivity contribution >= 4 is 0 Å². The van der Waals surface area contributed by atoms with E-state index in [4.69, 9.17) is 11.3 Å². The van der Waals surface area contributed by atoms with Crippen LogP contribution in [-0.2, 0) is 6.42 Å². The second kappa shape index (κ2) is 5.19. The molecule has 0 saturated heterocycles.